The van der Waals surface area contributed by atoms with E-state index in [-0.39, 0.29) is 0 Å². The lowest BCUT2D eigenvalue weighted by atomic mass is 9.86. The van der Waals surface area contributed by atoms with Crippen LogP contribution in [0.3, 0.4) is 0 Å². The minimum absolute atomic E-state index is 0.582. The van der Waals surface area contributed by atoms with Gasteiger partial charge in [0.1, 0.15) is 5.58 Å². The number of fused-ring (bicyclic) bond motifs is 3. The third-order valence-corrected chi connectivity index (χ3v) is 5.92. The molecule has 1 aliphatic carbocycles. The molecule has 4 aromatic rings. The van der Waals surface area contributed by atoms with Gasteiger partial charge in [-0.05, 0) is 49.1 Å². The fraction of sp³-hybridized carbons (Fsp3) is 0.333. The number of hydrogen-bond acceptors (Lipinski definition) is 3. The van der Waals surface area contributed by atoms with Crippen molar-refractivity contribution in [1.82, 2.24) is 9.97 Å². The van der Waals surface area contributed by atoms with Gasteiger partial charge in [0.2, 0.25) is 5.71 Å². The van der Waals surface area contributed by atoms with E-state index >= 15 is 0 Å². The summed E-state index contributed by atoms with van der Waals surface area (Å²) < 4.78 is 6.27. The molecule has 1 aliphatic rings. The second kappa shape index (κ2) is 6.80. The Kier molecular flexibility index (Phi) is 4.16. The standard InChI is InChI=1S/C24H24N2O/c1-2-16-11-13-22(25-15-16)20-10-6-9-18-19-12-14-21(17-7-4-3-5-8-17)26-24(19)27-23(18)20/h6,9-15,17H,2-5,7-8H2,1H3. The molecule has 0 bridgehead atoms. The average Bonchev–Trinajstić information content (AvgIpc) is 3.12. The third kappa shape index (κ3) is 2.91. The van der Waals surface area contributed by atoms with Crippen LogP contribution >= 0.6 is 0 Å². The van der Waals surface area contributed by atoms with E-state index in [1.54, 1.807) is 0 Å². The zero-order valence-corrected chi connectivity index (χ0v) is 15.7. The first-order valence-corrected chi connectivity index (χ1v) is 10.1. The molecule has 0 unspecified atom stereocenters. The second-order valence-electron chi connectivity index (χ2n) is 7.61. The lowest BCUT2D eigenvalue weighted by molar-refractivity contribution is 0.436. The fourth-order valence-electron chi connectivity index (χ4n) is 4.31. The predicted octanol–water partition coefficient (Wildman–Crippen LogP) is 6.65. The van der Waals surface area contributed by atoms with Crippen molar-refractivity contribution in [2.45, 2.75) is 51.4 Å². The van der Waals surface area contributed by atoms with Gasteiger partial charge in [0.25, 0.3) is 0 Å². The summed E-state index contributed by atoms with van der Waals surface area (Å²) in [6.45, 7) is 2.15. The molecule has 0 radical (unpaired) electrons. The molecule has 0 aliphatic heterocycles. The molecule has 0 atom stereocenters. The van der Waals surface area contributed by atoms with Crippen LogP contribution in [0, 0.1) is 0 Å². The fourth-order valence-corrected chi connectivity index (χ4v) is 4.31. The van der Waals surface area contributed by atoms with Crippen LogP contribution in [0.15, 0.2) is 53.1 Å². The van der Waals surface area contributed by atoms with Gasteiger partial charge in [-0.2, -0.15) is 0 Å². The molecule has 5 rings (SSSR count). The van der Waals surface area contributed by atoms with E-state index in [1.165, 1.54) is 43.4 Å². The summed E-state index contributed by atoms with van der Waals surface area (Å²) in [6, 6.07) is 14.9. The highest BCUT2D eigenvalue weighted by atomic mass is 16.3. The number of para-hydroxylation sites is 1. The van der Waals surface area contributed by atoms with E-state index in [0.717, 1.165) is 39.7 Å². The molecule has 0 spiro atoms. The number of rotatable bonds is 3. The lowest BCUT2D eigenvalue weighted by Crippen LogP contribution is -2.06. The molecule has 27 heavy (non-hydrogen) atoms. The van der Waals surface area contributed by atoms with Crippen molar-refractivity contribution in [1.29, 1.82) is 0 Å². The molecule has 3 nitrogen and oxygen atoms in total. The average molecular weight is 356 g/mol. The maximum Gasteiger partial charge on any atom is 0.227 e. The van der Waals surface area contributed by atoms with Crippen LogP contribution in [0.2, 0.25) is 0 Å². The van der Waals surface area contributed by atoms with Gasteiger partial charge in [-0.15, -0.1) is 0 Å². The molecule has 0 amide bonds. The van der Waals surface area contributed by atoms with E-state index < -0.39 is 0 Å². The number of pyridine rings is 2. The van der Waals surface area contributed by atoms with Gasteiger partial charge < -0.3 is 4.42 Å². The minimum atomic E-state index is 0.582. The third-order valence-electron chi connectivity index (χ3n) is 5.92. The molecule has 0 N–H and O–H groups in total. The van der Waals surface area contributed by atoms with E-state index in [1.807, 2.05) is 6.20 Å². The summed E-state index contributed by atoms with van der Waals surface area (Å²) in [5.74, 6) is 0.582. The summed E-state index contributed by atoms with van der Waals surface area (Å²) in [7, 11) is 0. The van der Waals surface area contributed by atoms with Crippen LogP contribution in [0.1, 0.15) is 56.2 Å². The Morgan fingerprint density at radius 1 is 0.963 bits per heavy atom. The Bertz CT molecular complexity index is 1090. The SMILES string of the molecule is CCc1ccc(-c2cccc3c2oc2nc(C4CCCCC4)ccc23)nc1. The van der Waals surface area contributed by atoms with E-state index in [4.69, 9.17) is 9.40 Å². The zero-order valence-electron chi connectivity index (χ0n) is 15.7. The number of benzene rings is 1. The molecular weight excluding hydrogens is 332 g/mol. The van der Waals surface area contributed by atoms with Gasteiger partial charge in [0.05, 0.1) is 5.69 Å². The Morgan fingerprint density at radius 3 is 2.63 bits per heavy atom. The summed E-state index contributed by atoms with van der Waals surface area (Å²) in [6.07, 6.45) is 9.43. The van der Waals surface area contributed by atoms with Crippen molar-refractivity contribution >= 4 is 22.1 Å². The van der Waals surface area contributed by atoms with Gasteiger partial charge in [-0.3, -0.25) is 4.98 Å². The molecule has 3 aromatic heterocycles. The lowest BCUT2D eigenvalue weighted by Gasteiger charge is -2.20. The quantitative estimate of drug-likeness (QED) is 0.412. The highest BCUT2D eigenvalue weighted by Crippen LogP contribution is 2.37. The topological polar surface area (TPSA) is 38.9 Å². The molecule has 136 valence electrons. The maximum atomic E-state index is 6.27. The van der Waals surface area contributed by atoms with Gasteiger partial charge in [-0.25, -0.2) is 4.98 Å². The van der Waals surface area contributed by atoms with Gasteiger partial charge in [0.15, 0.2) is 0 Å². The number of aryl methyl sites for hydroxylation is 1. The van der Waals surface area contributed by atoms with E-state index in [9.17, 15) is 0 Å². The predicted molar refractivity (Wildman–Crippen MR) is 110 cm³/mol. The Morgan fingerprint density at radius 2 is 1.85 bits per heavy atom. The zero-order chi connectivity index (χ0) is 18.2. The Hall–Kier alpha value is -2.68. The first-order valence-electron chi connectivity index (χ1n) is 10.1. The van der Waals surface area contributed by atoms with Crippen molar-refractivity contribution < 1.29 is 4.42 Å². The van der Waals surface area contributed by atoms with E-state index in [0.29, 0.717) is 5.92 Å². The smallest absolute Gasteiger partial charge is 0.227 e. The summed E-state index contributed by atoms with van der Waals surface area (Å²) in [5, 5.41) is 2.21. The molecular formula is C24H24N2O. The van der Waals surface area contributed by atoms with Crippen LogP contribution in [0.4, 0.5) is 0 Å². The highest BCUT2D eigenvalue weighted by Gasteiger charge is 2.19. The highest BCUT2D eigenvalue weighted by molar-refractivity contribution is 6.08. The summed E-state index contributed by atoms with van der Waals surface area (Å²) >= 11 is 0. The van der Waals surface area contributed by atoms with Crippen molar-refractivity contribution in [2.75, 3.05) is 0 Å². The van der Waals surface area contributed by atoms with Crippen LogP contribution in [0.25, 0.3) is 33.3 Å². The van der Waals surface area contributed by atoms with E-state index in [2.05, 4.69) is 54.4 Å². The van der Waals surface area contributed by atoms with Crippen molar-refractivity contribution in [3.8, 4) is 11.3 Å². The van der Waals surface area contributed by atoms with Crippen LogP contribution in [0.5, 0.6) is 0 Å². The van der Waals surface area contributed by atoms with Gasteiger partial charge in [-0.1, -0.05) is 44.4 Å². The van der Waals surface area contributed by atoms with Crippen LogP contribution in [-0.2, 0) is 6.42 Å². The van der Waals surface area contributed by atoms with Gasteiger partial charge >= 0.3 is 0 Å². The van der Waals surface area contributed by atoms with Crippen LogP contribution < -0.4 is 0 Å². The van der Waals surface area contributed by atoms with Crippen molar-refractivity contribution in [3.05, 3.63) is 59.9 Å². The minimum Gasteiger partial charge on any atom is -0.437 e. The first kappa shape index (κ1) is 16.5. The Labute approximate surface area is 159 Å². The largest absolute Gasteiger partial charge is 0.437 e. The molecule has 1 aromatic carbocycles. The maximum absolute atomic E-state index is 6.27. The molecule has 1 saturated carbocycles. The first-order chi connectivity index (χ1) is 13.3. The molecule has 0 saturated heterocycles. The number of nitrogens with zero attached hydrogens (tertiary/aromatic N) is 2. The van der Waals surface area contributed by atoms with Gasteiger partial charge in [0, 0.05) is 34.1 Å². The number of furan rings is 1. The number of hydrogen-bond donors (Lipinski definition) is 0. The molecule has 3 heteroatoms. The summed E-state index contributed by atoms with van der Waals surface area (Å²) in [5.41, 5.74) is 6.06. The second-order valence-corrected chi connectivity index (χ2v) is 7.61. The normalized spacial score (nSPS) is 15.6. The molecule has 1 fully saturated rings. The molecule has 3 heterocycles. The monoisotopic (exact) mass is 356 g/mol. The van der Waals surface area contributed by atoms with Crippen LogP contribution in [-0.4, -0.2) is 9.97 Å². The van der Waals surface area contributed by atoms with Crippen molar-refractivity contribution in [2.24, 2.45) is 0 Å². The number of aromatic nitrogens is 2. The summed E-state index contributed by atoms with van der Waals surface area (Å²) in [4.78, 5) is 9.56. The Balaban J connectivity index is 1.62. The van der Waals surface area contributed by atoms with Crippen molar-refractivity contribution in [3.63, 3.8) is 0 Å².